The molecule has 27 heavy (non-hydrogen) atoms. The van der Waals surface area contributed by atoms with Gasteiger partial charge in [-0.15, -0.1) is 0 Å². The van der Waals surface area contributed by atoms with E-state index >= 15 is 0 Å². The second kappa shape index (κ2) is 7.29. The van der Waals surface area contributed by atoms with Gasteiger partial charge < -0.3 is 14.1 Å². The van der Waals surface area contributed by atoms with Gasteiger partial charge in [-0.05, 0) is 30.2 Å². The van der Waals surface area contributed by atoms with Gasteiger partial charge >= 0.3 is 0 Å². The Bertz CT molecular complexity index is 1060. The molecule has 0 radical (unpaired) electrons. The van der Waals surface area contributed by atoms with Crippen molar-refractivity contribution < 1.29 is 13.9 Å². The van der Waals surface area contributed by atoms with E-state index < -0.39 is 6.04 Å². The zero-order valence-corrected chi connectivity index (χ0v) is 16.4. The molecule has 0 bridgehead atoms. The maximum Gasteiger partial charge on any atom is 0.290 e. The molecule has 1 aliphatic heterocycles. The summed E-state index contributed by atoms with van der Waals surface area (Å²) in [7, 11) is 1.63. The normalized spacial score (nSPS) is 16.1. The highest BCUT2D eigenvalue weighted by Crippen LogP contribution is 2.38. The summed E-state index contributed by atoms with van der Waals surface area (Å²) in [5, 5.41) is 0.468. The molecule has 1 aliphatic rings. The van der Waals surface area contributed by atoms with Crippen molar-refractivity contribution in [2.75, 3.05) is 20.3 Å². The summed E-state index contributed by atoms with van der Waals surface area (Å²) in [6.07, 6.45) is 0.679. The number of carbonyl (C=O) groups excluding carboxylic acids is 1. The van der Waals surface area contributed by atoms with Crippen LogP contribution in [0.5, 0.6) is 0 Å². The summed E-state index contributed by atoms with van der Waals surface area (Å²) in [4.78, 5) is 28.1. The largest absolute Gasteiger partial charge is 0.450 e. The van der Waals surface area contributed by atoms with Crippen LogP contribution >= 0.6 is 15.9 Å². The highest BCUT2D eigenvalue weighted by Gasteiger charge is 2.42. The lowest BCUT2D eigenvalue weighted by molar-refractivity contribution is 0.0708. The fourth-order valence-corrected chi connectivity index (χ4v) is 3.95. The molecule has 0 saturated carbocycles. The predicted octanol–water partition coefficient (Wildman–Crippen LogP) is 4.14. The summed E-state index contributed by atoms with van der Waals surface area (Å²) < 4.78 is 11.8. The lowest BCUT2D eigenvalue weighted by Gasteiger charge is -2.25. The van der Waals surface area contributed by atoms with Crippen molar-refractivity contribution in [3.05, 3.63) is 80.1 Å². The van der Waals surface area contributed by atoms with E-state index in [9.17, 15) is 9.59 Å². The number of hydrogen-bond donors (Lipinski definition) is 0. The van der Waals surface area contributed by atoms with E-state index in [1.807, 2.05) is 30.3 Å². The second-order valence-corrected chi connectivity index (χ2v) is 7.39. The van der Waals surface area contributed by atoms with Crippen molar-refractivity contribution in [2.24, 2.45) is 0 Å². The smallest absolute Gasteiger partial charge is 0.290 e. The predicted molar refractivity (Wildman–Crippen MR) is 106 cm³/mol. The first-order valence-electron chi connectivity index (χ1n) is 8.73. The molecule has 0 fully saturated rings. The quantitative estimate of drug-likeness (QED) is 0.574. The van der Waals surface area contributed by atoms with E-state index in [2.05, 4.69) is 15.9 Å². The van der Waals surface area contributed by atoms with Crippen molar-refractivity contribution in [3.8, 4) is 0 Å². The minimum Gasteiger partial charge on any atom is -0.450 e. The summed E-state index contributed by atoms with van der Waals surface area (Å²) in [5.41, 5.74) is 1.56. The Hall–Kier alpha value is -2.44. The van der Waals surface area contributed by atoms with E-state index in [1.54, 1.807) is 30.2 Å². The van der Waals surface area contributed by atoms with Gasteiger partial charge in [0.05, 0.1) is 17.0 Å². The van der Waals surface area contributed by atoms with Crippen molar-refractivity contribution in [1.82, 2.24) is 4.90 Å². The Labute approximate surface area is 164 Å². The van der Waals surface area contributed by atoms with Crippen LogP contribution in [0, 0.1) is 0 Å². The van der Waals surface area contributed by atoms with Crippen LogP contribution in [0.15, 0.2) is 62.2 Å². The third-order valence-corrected chi connectivity index (χ3v) is 5.28. The van der Waals surface area contributed by atoms with Crippen LogP contribution in [0.4, 0.5) is 0 Å². The molecule has 5 nitrogen and oxygen atoms in total. The zero-order valence-electron chi connectivity index (χ0n) is 14.8. The van der Waals surface area contributed by atoms with Crippen molar-refractivity contribution in [2.45, 2.75) is 12.5 Å². The van der Waals surface area contributed by atoms with Crippen LogP contribution in [-0.2, 0) is 4.74 Å². The van der Waals surface area contributed by atoms with Crippen LogP contribution in [0.3, 0.4) is 0 Å². The number of nitrogens with zero attached hydrogens (tertiary/aromatic N) is 1. The topological polar surface area (TPSA) is 59.8 Å². The summed E-state index contributed by atoms with van der Waals surface area (Å²) in [6.45, 7) is 1.02. The molecule has 6 heteroatoms. The van der Waals surface area contributed by atoms with Gasteiger partial charge in [-0.3, -0.25) is 9.59 Å². The van der Waals surface area contributed by atoms with Gasteiger partial charge in [0.25, 0.3) is 5.91 Å². The second-order valence-electron chi connectivity index (χ2n) is 6.47. The third kappa shape index (κ3) is 3.09. The van der Waals surface area contributed by atoms with Crippen molar-refractivity contribution in [1.29, 1.82) is 0 Å². The number of fused-ring (bicyclic) bond motifs is 2. The first-order chi connectivity index (χ1) is 13.1. The SMILES string of the molecule is COCCCN1C(=O)c2oc3ccc(Br)cc3c(=O)c2C1c1ccccc1. The Morgan fingerprint density at radius 2 is 1.93 bits per heavy atom. The van der Waals surface area contributed by atoms with E-state index in [0.717, 1.165) is 10.0 Å². The average molecular weight is 428 g/mol. The first kappa shape index (κ1) is 17.9. The van der Waals surface area contributed by atoms with Gasteiger partial charge in [-0.25, -0.2) is 0 Å². The van der Waals surface area contributed by atoms with Gasteiger partial charge in [0.2, 0.25) is 5.76 Å². The maximum atomic E-state index is 13.3. The fourth-order valence-electron chi connectivity index (χ4n) is 3.58. The summed E-state index contributed by atoms with van der Waals surface area (Å²) in [5.74, 6) is -0.113. The Kier molecular flexibility index (Phi) is 4.85. The maximum absolute atomic E-state index is 13.3. The fraction of sp³-hybridized carbons (Fsp3) is 0.238. The van der Waals surface area contributed by atoms with Gasteiger partial charge in [0.15, 0.2) is 5.43 Å². The molecule has 1 amide bonds. The van der Waals surface area contributed by atoms with Crippen LogP contribution in [0.1, 0.15) is 34.1 Å². The molecule has 1 aromatic heterocycles. The van der Waals surface area contributed by atoms with Gasteiger partial charge in [0.1, 0.15) is 5.58 Å². The number of carbonyl (C=O) groups is 1. The summed E-state index contributed by atoms with van der Waals surface area (Å²) >= 11 is 3.40. The molecule has 0 spiro atoms. The summed E-state index contributed by atoms with van der Waals surface area (Å²) in [6, 6.07) is 14.4. The highest BCUT2D eigenvalue weighted by molar-refractivity contribution is 9.10. The molecule has 1 atom stereocenters. The molecule has 0 aliphatic carbocycles. The van der Waals surface area contributed by atoms with Crippen LogP contribution in [0.25, 0.3) is 11.0 Å². The molecule has 0 N–H and O–H groups in total. The van der Waals surface area contributed by atoms with Crippen LogP contribution in [-0.4, -0.2) is 31.1 Å². The third-order valence-electron chi connectivity index (χ3n) is 4.79. The minimum atomic E-state index is -0.454. The molecule has 2 aromatic carbocycles. The van der Waals surface area contributed by atoms with E-state index in [-0.39, 0.29) is 17.1 Å². The van der Waals surface area contributed by atoms with Gasteiger partial charge in [-0.2, -0.15) is 0 Å². The Morgan fingerprint density at radius 3 is 2.67 bits per heavy atom. The molecular formula is C21H18BrNO4. The number of halogens is 1. The van der Waals surface area contributed by atoms with Gasteiger partial charge in [-0.1, -0.05) is 46.3 Å². The molecule has 3 aromatic rings. The zero-order chi connectivity index (χ0) is 19.0. The first-order valence-corrected chi connectivity index (χ1v) is 9.52. The standard InChI is InChI=1S/C21H18BrNO4/c1-26-11-5-10-23-18(13-6-3-2-4-7-13)17-19(24)15-12-14(22)8-9-16(15)27-20(17)21(23)25/h2-4,6-9,12,18H,5,10-11H2,1H3. The monoisotopic (exact) mass is 427 g/mol. The highest BCUT2D eigenvalue weighted by atomic mass is 79.9. The lowest BCUT2D eigenvalue weighted by Crippen LogP contribution is -2.31. The molecule has 138 valence electrons. The molecule has 2 heterocycles. The molecule has 0 saturated heterocycles. The van der Waals surface area contributed by atoms with E-state index in [4.69, 9.17) is 9.15 Å². The molecular weight excluding hydrogens is 410 g/mol. The van der Waals surface area contributed by atoms with Gasteiger partial charge in [0, 0.05) is 24.7 Å². The number of hydrogen-bond acceptors (Lipinski definition) is 4. The number of methoxy groups -OCH3 is 1. The Balaban J connectivity index is 1.92. The number of rotatable bonds is 5. The lowest BCUT2D eigenvalue weighted by atomic mass is 9.98. The van der Waals surface area contributed by atoms with Crippen LogP contribution < -0.4 is 5.43 Å². The number of amides is 1. The number of ether oxygens (including phenoxy) is 1. The van der Waals surface area contributed by atoms with Crippen molar-refractivity contribution >= 4 is 32.8 Å². The molecule has 4 rings (SSSR count). The minimum absolute atomic E-state index is 0.140. The average Bonchev–Trinajstić information content (AvgIpc) is 2.96. The van der Waals surface area contributed by atoms with E-state index in [0.29, 0.717) is 36.1 Å². The van der Waals surface area contributed by atoms with E-state index in [1.165, 1.54) is 0 Å². The van der Waals surface area contributed by atoms with Crippen LogP contribution in [0.2, 0.25) is 0 Å². The number of benzene rings is 2. The molecule has 1 unspecified atom stereocenters. The van der Waals surface area contributed by atoms with Crippen molar-refractivity contribution in [3.63, 3.8) is 0 Å². The Morgan fingerprint density at radius 1 is 1.15 bits per heavy atom.